The van der Waals surface area contributed by atoms with E-state index >= 15 is 0 Å². The SMILES string of the molecule is CC(C)(C)c1nc2c(c(=O)[nH]1)CN(Cc1ccc(-c3ccccc3Cl)nc1)CC2. The molecule has 0 amide bonds. The van der Waals surface area contributed by atoms with E-state index in [-0.39, 0.29) is 11.0 Å². The fourth-order valence-corrected chi connectivity index (χ4v) is 3.81. The predicted octanol–water partition coefficient (Wildman–Crippen LogP) is 4.34. The number of nitrogens with one attached hydrogen (secondary N) is 1. The van der Waals surface area contributed by atoms with E-state index in [1.807, 2.05) is 36.5 Å². The summed E-state index contributed by atoms with van der Waals surface area (Å²) in [5.41, 5.74) is 4.43. The molecule has 2 aromatic heterocycles. The quantitative estimate of drug-likeness (QED) is 0.700. The van der Waals surface area contributed by atoms with Crippen LogP contribution in [0.5, 0.6) is 0 Å². The molecule has 6 heteroatoms. The van der Waals surface area contributed by atoms with Crippen LogP contribution in [-0.4, -0.2) is 26.4 Å². The van der Waals surface area contributed by atoms with Gasteiger partial charge in [-0.1, -0.05) is 56.6 Å². The van der Waals surface area contributed by atoms with Crippen LogP contribution < -0.4 is 5.56 Å². The van der Waals surface area contributed by atoms with Crippen molar-refractivity contribution in [3.63, 3.8) is 0 Å². The monoisotopic (exact) mass is 408 g/mol. The van der Waals surface area contributed by atoms with Crippen molar-refractivity contribution >= 4 is 11.6 Å². The van der Waals surface area contributed by atoms with Crippen LogP contribution in [0, 0.1) is 0 Å². The minimum absolute atomic E-state index is 0.0168. The Morgan fingerprint density at radius 1 is 1.17 bits per heavy atom. The summed E-state index contributed by atoms with van der Waals surface area (Å²) >= 11 is 6.27. The summed E-state index contributed by atoms with van der Waals surface area (Å²) in [7, 11) is 0. The fraction of sp³-hybridized carbons (Fsp3) is 0.348. The van der Waals surface area contributed by atoms with E-state index in [0.29, 0.717) is 11.6 Å². The van der Waals surface area contributed by atoms with Crippen LogP contribution in [-0.2, 0) is 24.9 Å². The molecule has 29 heavy (non-hydrogen) atoms. The maximum atomic E-state index is 12.6. The van der Waals surface area contributed by atoms with Crippen LogP contribution in [0.4, 0.5) is 0 Å². The summed E-state index contributed by atoms with van der Waals surface area (Å²) in [6, 6.07) is 11.8. The molecule has 0 spiro atoms. The van der Waals surface area contributed by atoms with Crippen molar-refractivity contribution in [2.45, 2.75) is 45.7 Å². The molecule has 150 valence electrons. The number of hydrogen-bond donors (Lipinski definition) is 1. The standard InChI is InChI=1S/C23H25ClN4O/c1-23(2,3)22-26-20-10-11-28(14-17(20)21(29)27-22)13-15-8-9-19(25-12-15)16-6-4-5-7-18(16)24/h4-9,12H,10-11,13-14H2,1-3H3,(H,26,27,29). The maximum absolute atomic E-state index is 12.6. The number of benzene rings is 1. The van der Waals surface area contributed by atoms with E-state index in [1.54, 1.807) is 0 Å². The van der Waals surface area contributed by atoms with E-state index in [4.69, 9.17) is 16.6 Å². The lowest BCUT2D eigenvalue weighted by Crippen LogP contribution is -2.37. The van der Waals surface area contributed by atoms with Crippen LogP contribution in [0.25, 0.3) is 11.3 Å². The molecule has 0 unspecified atom stereocenters. The number of pyridine rings is 1. The summed E-state index contributed by atoms with van der Waals surface area (Å²) in [6.45, 7) is 8.41. The molecule has 0 saturated heterocycles. The third-order valence-corrected chi connectivity index (χ3v) is 5.57. The Labute approximate surface area is 175 Å². The molecule has 3 aromatic rings. The lowest BCUT2D eigenvalue weighted by molar-refractivity contribution is 0.240. The molecular formula is C23H25ClN4O. The minimum Gasteiger partial charge on any atom is -0.310 e. The number of hydrogen-bond acceptors (Lipinski definition) is 4. The highest BCUT2D eigenvalue weighted by Gasteiger charge is 2.24. The number of halogens is 1. The second-order valence-corrected chi connectivity index (χ2v) is 8.99. The van der Waals surface area contributed by atoms with Crippen molar-refractivity contribution in [2.24, 2.45) is 0 Å². The van der Waals surface area contributed by atoms with Gasteiger partial charge < -0.3 is 4.98 Å². The van der Waals surface area contributed by atoms with Crippen molar-refractivity contribution in [2.75, 3.05) is 6.54 Å². The number of nitrogens with zero attached hydrogens (tertiary/aromatic N) is 3. The maximum Gasteiger partial charge on any atom is 0.255 e. The van der Waals surface area contributed by atoms with Gasteiger partial charge in [-0.2, -0.15) is 0 Å². The van der Waals surface area contributed by atoms with E-state index in [1.165, 1.54) is 0 Å². The second kappa shape index (κ2) is 7.73. The molecule has 3 heterocycles. The Kier molecular flexibility index (Phi) is 5.28. The van der Waals surface area contributed by atoms with Gasteiger partial charge in [0.25, 0.3) is 5.56 Å². The van der Waals surface area contributed by atoms with Gasteiger partial charge >= 0.3 is 0 Å². The van der Waals surface area contributed by atoms with E-state index in [0.717, 1.165) is 53.4 Å². The summed E-state index contributed by atoms with van der Waals surface area (Å²) in [5.74, 6) is 0.758. The van der Waals surface area contributed by atoms with Gasteiger partial charge in [0, 0.05) is 48.3 Å². The van der Waals surface area contributed by atoms with E-state index in [2.05, 4.69) is 41.7 Å². The lowest BCUT2D eigenvalue weighted by atomic mass is 9.95. The normalized spacial score (nSPS) is 14.6. The van der Waals surface area contributed by atoms with Crippen molar-refractivity contribution < 1.29 is 0 Å². The van der Waals surface area contributed by atoms with Gasteiger partial charge in [-0.15, -0.1) is 0 Å². The molecule has 1 aliphatic rings. The summed E-state index contributed by atoms with van der Waals surface area (Å²) in [6.07, 6.45) is 2.67. The largest absolute Gasteiger partial charge is 0.310 e. The third kappa shape index (κ3) is 4.26. The van der Waals surface area contributed by atoms with Gasteiger partial charge in [0.2, 0.25) is 0 Å². The summed E-state index contributed by atoms with van der Waals surface area (Å²) < 4.78 is 0. The topological polar surface area (TPSA) is 61.9 Å². The zero-order chi connectivity index (χ0) is 20.6. The first kappa shape index (κ1) is 19.8. The number of aromatic nitrogens is 3. The summed E-state index contributed by atoms with van der Waals surface area (Å²) in [4.78, 5) is 27.2. The molecule has 1 aliphatic heterocycles. The van der Waals surface area contributed by atoms with Crippen LogP contribution in [0.2, 0.25) is 5.02 Å². The summed E-state index contributed by atoms with van der Waals surface area (Å²) in [5, 5.41) is 0.696. The van der Waals surface area contributed by atoms with Gasteiger partial charge in [0.1, 0.15) is 5.82 Å². The first-order valence-corrected chi connectivity index (χ1v) is 10.2. The zero-order valence-corrected chi connectivity index (χ0v) is 17.8. The Hall–Kier alpha value is -2.50. The molecule has 4 rings (SSSR count). The predicted molar refractivity (Wildman–Crippen MR) is 116 cm³/mol. The highest BCUT2D eigenvalue weighted by molar-refractivity contribution is 6.33. The molecular weight excluding hydrogens is 384 g/mol. The first-order chi connectivity index (χ1) is 13.8. The van der Waals surface area contributed by atoms with Crippen molar-refractivity contribution in [1.82, 2.24) is 19.9 Å². The molecule has 1 N–H and O–H groups in total. The zero-order valence-electron chi connectivity index (χ0n) is 17.0. The number of aromatic amines is 1. The van der Waals surface area contributed by atoms with Gasteiger partial charge in [-0.05, 0) is 17.7 Å². The molecule has 0 radical (unpaired) electrons. The van der Waals surface area contributed by atoms with Crippen molar-refractivity contribution in [3.8, 4) is 11.3 Å². The Morgan fingerprint density at radius 2 is 1.97 bits per heavy atom. The number of rotatable bonds is 3. The highest BCUT2D eigenvalue weighted by Crippen LogP contribution is 2.26. The Morgan fingerprint density at radius 3 is 2.66 bits per heavy atom. The van der Waals surface area contributed by atoms with Crippen LogP contribution in [0.15, 0.2) is 47.4 Å². The minimum atomic E-state index is -0.166. The fourth-order valence-electron chi connectivity index (χ4n) is 3.58. The van der Waals surface area contributed by atoms with Gasteiger partial charge in [0.05, 0.1) is 17.0 Å². The molecule has 0 saturated carbocycles. The first-order valence-electron chi connectivity index (χ1n) is 9.86. The number of H-pyrrole nitrogens is 1. The molecule has 0 bridgehead atoms. The molecule has 5 nitrogen and oxygen atoms in total. The lowest BCUT2D eigenvalue weighted by Gasteiger charge is -2.28. The molecule has 0 atom stereocenters. The Balaban J connectivity index is 1.50. The average Bonchev–Trinajstić information content (AvgIpc) is 2.69. The smallest absolute Gasteiger partial charge is 0.255 e. The average molecular weight is 409 g/mol. The molecule has 1 aromatic carbocycles. The highest BCUT2D eigenvalue weighted by atomic mass is 35.5. The van der Waals surface area contributed by atoms with Crippen molar-refractivity contribution in [1.29, 1.82) is 0 Å². The molecule has 0 fully saturated rings. The third-order valence-electron chi connectivity index (χ3n) is 5.24. The number of fused-ring (bicyclic) bond motifs is 1. The van der Waals surface area contributed by atoms with Gasteiger partial charge in [0.15, 0.2) is 0 Å². The van der Waals surface area contributed by atoms with Crippen LogP contribution >= 0.6 is 11.6 Å². The van der Waals surface area contributed by atoms with Gasteiger partial charge in [-0.3, -0.25) is 14.7 Å². The van der Waals surface area contributed by atoms with Crippen molar-refractivity contribution in [3.05, 3.63) is 80.6 Å². The van der Waals surface area contributed by atoms with Gasteiger partial charge in [-0.25, -0.2) is 4.98 Å². The van der Waals surface area contributed by atoms with E-state index < -0.39 is 0 Å². The van der Waals surface area contributed by atoms with Crippen LogP contribution in [0.1, 0.15) is 43.4 Å². The van der Waals surface area contributed by atoms with E-state index in [9.17, 15) is 4.79 Å². The van der Waals surface area contributed by atoms with Crippen LogP contribution in [0.3, 0.4) is 0 Å². The molecule has 0 aliphatic carbocycles. The Bertz CT molecular complexity index is 1080. The second-order valence-electron chi connectivity index (χ2n) is 8.58.